The summed E-state index contributed by atoms with van der Waals surface area (Å²) in [6.45, 7) is 1.29. The zero-order chi connectivity index (χ0) is 19.4. The Labute approximate surface area is 178 Å². The van der Waals surface area contributed by atoms with Crippen molar-refractivity contribution in [1.82, 2.24) is 10.6 Å². The molecule has 3 rings (SSSR count). The van der Waals surface area contributed by atoms with E-state index in [1.165, 1.54) is 24.3 Å². The third-order valence-corrected chi connectivity index (χ3v) is 4.34. The van der Waals surface area contributed by atoms with Crippen LogP contribution in [0, 0.1) is 11.6 Å². The molecule has 1 aromatic heterocycles. The molecule has 1 aliphatic heterocycles. The topological polar surface area (TPSA) is 95.9 Å². The van der Waals surface area contributed by atoms with Gasteiger partial charge in [-0.05, 0) is 30.7 Å². The van der Waals surface area contributed by atoms with Crippen LogP contribution in [0.25, 0.3) is 0 Å². The molecule has 1 atom stereocenters. The Balaban J connectivity index is 0.00000280. The Kier molecular flexibility index (Phi) is 7.61. The van der Waals surface area contributed by atoms with Crippen molar-refractivity contribution in [3.63, 3.8) is 0 Å². The molecule has 2 aromatic rings. The molecule has 2 heterocycles. The highest BCUT2D eigenvalue weighted by atomic mass is 127. The van der Waals surface area contributed by atoms with E-state index in [9.17, 15) is 13.6 Å². The number of rotatable bonds is 5. The smallest absolute Gasteiger partial charge is 0.284 e. The van der Waals surface area contributed by atoms with Gasteiger partial charge in [0.2, 0.25) is 0 Å². The minimum atomic E-state index is -0.629. The van der Waals surface area contributed by atoms with Crippen LogP contribution in [0.3, 0.4) is 0 Å². The quantitative estimate of drug-likeness (QED) is 0.329. The lowest BCUT2D eigenvalue weighted by Gasteiger charge is -2.21. The number of benzene rings is 1. The second-order valence-electron chi connectivity index (χ2n) is 6.20. The van der Waals surface area contributed by atoms with E-state index in [0.29, 0.717) is 37.8 Å². The van der Waals surface area contributed by atoms with Crippen LogP contribution in [0.5, 0.6) is 0 Å². The molecule has 1 fully saturated rings. The number of hydrogen-bond acceptors (Lipinski definition) is 4. The number of nitrogens with zero attached hydrogens (tertiary/aromatic N) is 2. The molecule has 7 nitrogen and oxygen atoms in total. The number of carbonyl (C=O) groups excluding carboxylic acids is 1. The Morgan fingerprint density at radius 2 is 2.04 bits per heavy atom. The maximum absolute atomic E-state index is 13.9. The fourth-order valence-corrected chi connectivity index (χ4v) is 3.04. The lowest BCUT2D eigenvalue weighted by atomic mass is 10.2. The highest BCUT2D eigenvalue weighted by molar-refractivity contribution is 14.0. The normalized spacial score (nSPS) is 16.6. The molecule has 0 saturated carbocycles. The van der Waals surface area contributed by atoms with E-state index in [0.717, 1.165) is 0 Å². The van der Waals surface area contributed by atoms with E-state index in [2.05, 4.69) is 15.6 Å². The average Bonchev–Trinajstić information content (AvgIpc) is 3.28. The summed E-state index contributed by atoms with van der Waals surface area (Å²) in [4.78, 5) is 16.9. The van der Waals surface area contributed by atoms with Crippen molar-refractivity contribution in [2.75, 3.05) is 25.0 Å². The summed E-state index contributed by atoms with van der Waals surface area (Å²) in [5.74, 6) is -0.619. The Hall–Kier alpha value is -2.37. The van der Waals surface area contributed by atoms with Crippen molar-refractivity contribution in [2.24, 2.45) is 10.7 Å². The molecule has 1 amide bonds. The van der Waals surface area contributed by atoms with Gasteiger partial charge in [0.05, 0.1) is 6.54 Å². The van der Waals surface area contributed by atoms with Crippen LogP contribution < -0.4 is 21.3 Å². The van der Waals surface area contributed by atoms with Crippen LogP contribution in [0.1, 0.15) is 22.7 Å². The summed E-state index contributed by atoms with van der Waals surface area (Å²) < 4.78 is 33.2. The number of nitrogens with one attached hydrogen (secondary N) is 2. The zero-order valence-corrected chi connectivity index (χ0v) is 17.6. The van der Waals surface area contributed by atoms with Gasteiger partial charge < -0.3 is 25.7 Å². The van der Waals surface area contributed by atoms with Crippen LogP contribution in [0.4, 0.5) is 14.5 Å². The number of para-hydroxylation sites is 1. The fourth-order valence-electron chi connectivity index (χ4n) is 3.04. The number of anilines is 1. The number of amides is 1. The SMILES string of the molecule is CN=C(NCc1ccc(C(N)=O)o1)NC1CCN(c2c(F)cccc2F)C1.I. The Bertz CT molecular complexity index is 838. The van der Waals surface area contributed by atoms with E-state index in [1.807, 2.05) is 0 Å². The van der Waals surface area contributed by atoms with Gasteiger partial charge in [-0.2, -0.15) is 0 Å². The molecule has 0 radical (unpaired) electrons. The summed E-state index contributed by atoms with van der Waals surface area (Å²) in [5.41, 5.74) is 5.15. The van der Waals surface area contributed by atoms with Crippen molar-refractivity contribution in [3.8, 4) is 0 Å². The van der Waals surface area contributed by atoms with Crippen LogP contribution in [-0.2, 0) is 6.54 Å². The highest BCUT2D eigenvalue weighted by Gasteiger charge is 2.27. The summed E-state index contributed by atoms with van der Waals surface area (Å²) in [6, 6.07) is 7.00. The van der Waals surface area contributed by atoms with Gasteiger partial charge in [-0.1, -0.05) is 6.07 Å². The summed E-state index contributed by atoms with van der Waals surface area (Å²) >= 11 is 0. The van der Waals surface area contributed by atoms with Crippen LogP contribution in [0.15, 0.2) is 39.7 Å². The lowest BCUT2D eigenvalue weighted by molar-refractivity contribution is 0.0972. The zero-order valence-electron chi connectivity index (χ0n) is 15.2. The monoisotopic (exact) mass is 505 g/mol. The van der Waals surface area contributed by atoms with Gasteiger partial charge in [0.15, 0.2) is 11.7 Å². The second kappa shape index (κ2) is 9.71. The van der Waals surface area contributed by atoms with Crippen molar-refractivity contribution in [1.29, 1.82) is 0 Å². The third-order valence-electron chi connectivity index (χ3n) is 4.34. The Morgan fingerprint density at radius 3 is 2.64 bits per heavy atom. The predicted molar refractivity (Wildman–Crippen MR) is 113 cm³/mol. The maximum atomic E-state index is 13.9. The molecule has 1 aliphatic rings. The number of nitrogens with two attached hydrogens (primary N) is 1. The number of primary amides is 1. The van der Waals surface area contributed by atoms with E-state index >= 15 is 0 Å². The number of hydrogen-bond donors (Lipinski definition) is 3. The minimum absolute atomic E-state index is 0. The molecule has 152 valence electrons. The van der Waals surface area contributed by atoms with E-state index in [1.54, 1.807) is 18.0 Å². The van der Waals surface area contributed by atoms with E-state index < -0.39 is 17.5 Å². The van der Waals surface area contributed by atoms with Gasteiger partial charge in [0.1, 0.15) is 23.1 Å². The van der Waals surface area contributed by atoms with Crippen molar-refractivity contribution >= 4 is 41.5 Å². The number of guanidine groups is 1. The summed E-state index contributed by atoms with van der Waals surface area (Å²) in [6.07, 6.45) is 0.709. The molecule has 1 aromatic carbocycles. The van der Waals surface area contributed by atoms with Gasteiger partial charge in [-0.15, -0.1) is 24.0 Å². The second-order valence-corrected chi connectivity index (χ2v) is 6.20. The lowest BCUT2D eigenvalue weighted by Crippen LogP contribution is -2.44. The number of aliphatic imine (C=N–C) groups is 1. The third kappa shape index (κ3) is 5.12. The number of carbonyl (C=O) groups is 1. The van der Waals surface area contributed by atoms with Crippen molar-refractivity contribution in [3.05, 3.63) is 53.5 Å². The molecule has 1 unspecified atom stereocenters. The standard InChI is InChI=1S/C18H21F2N5O2.HI/c1-22-18(23-9-12-5-6-15(27-12)17(21)26)24-11-7-8-25(10-11)16-13(19)3-2-4-14(16)20;/h2-6,11H,7-10H2,1H3,(H2,21,26)(H2,22,23,24);1H. The van der Waals surface area contributed by atoms with Crippen LogP contribution in [0.2, 0.25) is 0 Å². The largest absolute Gasteiger partial charge is 0.454 e. The molecule has 1 saturated heterocycles. The van der Waals surface area contributed by atoms with Gasteiger partial charge in [-0.3, -0.25) is 9.79 Å². The molecule has 0 spiro atoms. The van der Waals surface area contributed by atoms with Crippen molar-refractivity contribution < 1.29 is 18.0 Å². The van der Waals surface area contributed by atoms with Gasteiger partial charge in [0, 0.05) is 26.2 Å². The molecule has 0 bridgehead atoms. The number of halogens is 3. The van der Waals surface area contributed by atoms with Crippen LogP contribution in [-0.4, -0.2) is 38.0 Å². The highest BCUT2D eigenvalue weighted by Crippen LogP contribution is 2.26. The van der Waals surface area contributed by atoms with Gasteiger partial charge in [0.25, 0.3) is 5.91 Å². The first kappa shape index (κ1) is 21.9. The summed E-state index contributed by atoms with van der Waals surface area (Å²) in [5, 5.41) is 6.29. The Morgan fingerprint density at radius 1 is 1.32 bits per heavy atom. The first-order chi connectivity index (χ1) is 13.0. The van der Waals surface area contributed by atoms with Crippen LogP contribution >= 0.6 is 24.0 Å². The van der Waals surface area contributed by atoms with Crippen molar-refractivity contribution in [2.45, 2.75) is 19.0 Å². The molecule has 28 heavy (non-hydrogen) atoms. The summed E-state index contributed by atoms with van der Waals surface area (Å²) in [7, 11) is 1.62. The van der Waals surface area contributed by atoms with E-state index in [4.69, 9.17) is 10.2 Å². The molecular formula is C18H22F2IN5O2. The molecule has 10 heteroatoms. The maximum Gasteiger partial charge on any atom is 0.284 e. The number of furan rings is 1. The van der Waals surface area contributed by atoms with Gasteiger partial charge in [-0.25, -0.2) is 8.78 Å². The minimum Gasteiger partial charge on any atom is -0.454 e. The van der Waals surface area contributed by atoms with Gasteiger partial charge >= 0.3 is 0 Å². The average molecular weight is 505 g/mol. The fraction of sp³-hybridized carbons (Fsp3) is 0.333. The first-order valence-corrected chi connectivity index (χ1v) is 8.52. The molecule has 0 aliphatic carbocycles. The van der Waals surface area contributed by atoms with E-state index in [-0.39, 0.29) is 41.5 Å². The first-order valence-electron chi connectivity index (χ1n) is 8.52. The predicted octanol–water partition coefficient (Wildman–Crippen LogP) is 2.22. The molecule has 4 N–H and O–H groups in total. The molecular weight excluding hydrogens is 483 g/mol.